The number of urea groups is 1. The summed E-state index contributed by atoms with van der Waals surface area (Å²) in [5.74, 6) is -1.25. The smallest absolute Gasteiger partial charge is 0.399 e. The van der Waals surface area contributed by atoms with Crippen LogP contribution in [0.15, 0.2) is 30.5 Å². The van der Waals surface area contributed by atoms with Crippen LogP contribution in [-0.2, 0) is 14.7 Å². The molecule has 2 N–H and O–H groups in total. The molecular weight excluding hydrogens is 403 g/mol. The fraction of sp³-hybridized carbons (Fsp3) is 0.455. The van der Waals surface area contributed by atoms with Crippen LogP contribution in [0.25, 0.3) is 0 Å². The van der Waals surface area contributed by atoms with Crippen LogP contribution in [0.1, 0.15) is 54.0 Å². The Morgan fingerprint density at radius 3 is 2.19 bits per heavy atom. The van der Waals surface area contributed by atoms with Gasteiger partial charge in [-0.25, -0.2) is 18.6 Å². The third kappa shape index (κ3) is 4.88. The van der Waals surface area contributed by atoms with Crippen molar-refractivity contribution in [3.05, 3.63) is 47.7 Å². The van der Waals surface area contributed by atoms with Crippen LogP contribution < -0.4 is 16.1 Å². The molecule has 166 valence electrons. The van der Waals surface area contributed by atoms with Gasteiger partial charge in [-0.1, -0.05) is 20.8 Å². The summed E-state index contributed by atoms with van der Waals surface area (Å²) in [6.45, 7) is 13.4. The molecule has 0 unspecified atom stereocenters. The molecule has 0 aliphatic carbocycles. The van der Waals surface area contributed by atoms with Gasteiger partial charge >= 0.3 is 13.1 Å². The lowest BCUT2D eigenvalue weighted by Gasteiger charge is -2.32. The van der Waals surface area contributed by atoms with E-state index in [1.54, 1.807) is 12.3 Å². The zero-order chi connectivity index (χ0) is 23.2. The van der Waals surface area contributed by atoms with Crippen molar-refractivity contribution in [2.45, 2.75) is 65.1 Å². The van der Waals surface area contributed by atoms with Crippen LogP contribution in [0, 0.1) is 11.6 Å². The lowest BCUT2D eigenvalue weighted by Crippen LogP contribution is -2.41. The van der Waals surface area contributed by atoms with Gasteiger partial charge in [0.25, 0.3) is 0 Å². The Kier molecular flexibility index (Phi) is 5.88. The summed E-state index contributed by atoms with van der Waals surface area (Å²) in [6.07, 6.45) is 1.58. The van der Waals surface area contributed by atoms with Crippen molar-refractivity contribution in [3.63, 3.8) is 0 Å². The highest BCUT2D eigenvalue weighted by Crippen LogP contribution is 2.37. The highest BCUT2D eigenvalue weighted by Gasteiger charge is 2.52. The molecule has 2 aromatic rings. The average Bonchev–Trinajstić information content (AvgIpc) is 2.84. The molecule has 0 radical (unpaired) electrons. The van der Waals surface area contributed by atoms with Crippen molar-refractivity contribution in [2.24, 2.45) is 0 Å². The number of benzene rings is 1. The summed E-state index contributed by atoms with van der Waals surface area (Å²) in [6, 6.07) is 4.74. The molecule has 0 bridgehead atoms. The number of carbonyl (C=O) groups excluding carboxylic acids is 1. The van der Waals surface area contributed by atoms with Gasteiger partial charge in [0.15, 0.2) is 0 Å². The van der Waals surface area contributed by atoms with Gasteiger partial charge in [-0.05, 0) is 56.9 Å². The van der Waals surface area contributed by atoms with E-state index in [1.165, 1.54) is 0 Å². The number of anilines is 2. The first-order valence-electron chi connectivity index (χ1n) is 10.1. The summed E-state index contributed by atoms with van der Waals surface area (Å²) in [7, 11) is -1.05. The second-order valence-corrected chi connectivity index (χ2v) is 9.70. The van der Waals surface area contributed by atoms with Crippen molar-refractivity contribution < 1.29 is 22.9 Å². The Hall–Kier alpha value is -2.52. The zero-order valence-electron chi connectivity index (χ0n) is 18.9. The van der Waals surface area contributed by atoms with E-state index >= 15 is 0 Å². The molecule has 3 rings (SSSR count). The molecule has 1 aromatic carbocycles. The molecular formula is C22H28BF2N3O3. The molecule has 0 atom stereocenters. The van der Waals surface area contributed by atoms with Crippen LogP contribution in [0.5, 0.6) is 0 Å². The Labute approximate surface area is 181 Å². The minimum Gasteiger partial charge on any atom is -0.399 e. The minimum absolute atomic E-state index is 0.0679. The van der Waals surface area contributed by atoms with E-state index < -0.39 is 36.0 Å². The van der Waals surface area contributed by atoms with Crippen molar-refractivity contribution in [1.29, 1.82) is 0 Å². The largest absolute Gasteiger partial charge is 0.497 e. The van der Waals surface area contributed by atoms with E-state index in [4.69, 9.17) is 9.31 Å². The Bertz CT molecular complexity index is 990. The summed E-state index contributed by atoms with van der Waals surface area (Å²) < 4.78 is 41.0. The molecule has 0 spiro atoms. The summed E-state index contributed by atoms with van der Waals surface area (Å²) in [5, 5.41) is 4.86. The van der Waals surface area contributed by atoms with Gasteiger partial charge in [0.05, 0.1) is 16.9 Å². The van der Waals surface area contributed by atoms with Crippen LogP contribution >= 0.6 is 0 Å². The maximum Gasteiger partial charge on any atom is 0.497 e. The molecule has 2 heterocycles. The Balaban J connectivity index is 1.75. The molecule has 1 aliphatic rings. The summed E-state index contributed by atoms with van der Waals surface area (Å²) in [5.41, 5.74) is -0.905. The highest BCUT2D eigenvalue weighted by atomic mass is 19.1. The van der Waals surface area contributed by atoms with Crippen molar-refractivity contribution in [1.82, 2.24) is 4.98 Å². The lowest BCUT2D eigenvalue weighted by atomic mass is 9.78. The van der Waals surface area contributed by atoms with E-state index in [9.17, 15) is 13.6 Å². The van der Waals surface area contributed by atoms with Gasteiger partial charge in [0.2, 0.25) is 0 Å². The zero-order valence-corrected chi connectivity index (χ0v) is 18.9. The number of hydrogen-bond donors (Lipinski definition) is 2. The number of pyridine rings is 1. The summed E-state index contributed by atoms with van der Waals surface area (Å²) in [4.78, 5) is 16.4. The number of amides is 2. The highest BCUT2D eigenvalue weighted by molar-refractivity contribution is 6.62. The Morgan fingerprint density at radius 2 is 1.61 bits per heavy atom. The van der Waals surface area contributed by atoms with Crippen molar-refractivity contribution in [2.75, 3.05) is 10.6 Å². The minimum atomic E-state index is -1.05. The first kappa shape index (κ1) is 23.2. The second-order valence-electron chi connectivity index (χ2n) is 9.70. The maximum atomic E-state index is 14.7. The van der Waals surface area contributed by atoms with Crippen molar-refractivity contribution >= 4 is 30.1 Å². The lowest BCUT2D eigenvalue weighted by molar-refractivity contribution is 0.00578. The molecule has 0 saturated carbocycles. The molecule has 6 nitrogen and oxygen atoms in total. The van der Waals surface area contributed by atoms with E-state index in [-0.39, 0.29) is 16.6 Å². The molecule has 2 amide bonds. The number of rotatable bonds is 3. The normalized spacial score (nSPS) is 17.5. The van der Waals surface area contributed by atoms with Gasteiger partial charge in [-0.2, -0.15) is 0 Å². The molecule has 1 aliphatic heterocycles. The van der Waals surface area contributed by atoms with Gasteiger partial charge in [0.1, 0.15) is 17.5 Å². The first-order valence-corrected chi connectivity index (χ1v) is 10.1. The molecule has 1 fully saturated rings. The van der Waals surface area contributed by atoms with Crippen LogP contribution in [-0.4, -0.2) is 29.3 Å². The topological polar surface area (TPSA) is 72.5 Å². The van der Waals surface area contributed by atoms with E-state index in [0.29, 0.717) is 5.82 Å². The van der Waals surface area contributed by atoms with Gasteiger partial charge in [-0.15, -0.1) is 0 Å². The third-order valence-corrected chi connectivity index (χ3v) is 5.71. The number of aromatic nitrogens is 1. The average molecular weight is 431 g/mol. The fourth-order valence-electron chi connectivity index (χ4n) is 3.04. The fourth-order valence-corrected chi connectivity index (χ4v) is 3.04. The van der Waals surface area contributed by atoms with E-state index in [0.717, 1.165) is 17.7 Å². The standard InChI is InChI=1S/C22H28BF2N3O3/c1-20(2,3)13-8-9-26-18(10-13)28-19(29)27-17-12-15(24)14(11-16(17)25)23-30-21(4,5)22(6,7)31-23/h8-12H,1-7H3,(H2,26,27,28,29). The predicted molar refractivity (Wildman–Crippen MR) is 118 cm³/mol. The van der Waals surface area contributed by atoms with Crippen molar-refractivity contribution in [3.8, 4) is 0 Å². The quantitative estimate of drug-likeness (QED) is 0.697. The third-order valence-electron chi connectivity index (χ3n) is 5.71. The van der Waals surface area contributed by atoms with Gasteiger partial charge in [-0.3, -0.25) is 5.32 Å². The summed E-state index contributed by atoms with van der Waals surface area (Å²) >= 11 is 0. The SMILES string of the molecule is CC(C)(C)c1ccnc(NC(=O)Nc2cc(F)c(B3OC(C)(C)C(C)(C)O3)cc2F)c1. The first-order chi connectivity index (χ1) is 14.2. The molecule has 9 heteroatoms. The Morgan fingerprint density at radius 1 is 1.00 bits per heavy atom. The van der Waals surface area contributed by atoms with E-state index in [1.807, 2.05) is 54.5 Å². The predicted octanol–water partition coefficient (Wildman–Crippen LogP) is 4.60. The molecule has 1 saturated heterocycles. The van der Waals surface area contributed by atoms with E-state index in [2.05, 4.69) is 15.6 Å². The van der Waals surface area contributed by atoms with Crippen LogP contribution in [0.4, 0.5) is 25.1 Å². The number of halogens is 2. The molecule has 1 aromatic heterocycles. The molecule has 31 heavy (non-hydrogen) atoms. The maximum absolute atomic E-state index is 14.7. The van der Waals surface area contributed by atoms with Crippen LogP contribution in [0.2, 0.25) is 0 Å². The number of nitrogens with zero attached hydrogens (tertiary/aromatic N) is 1. The number of carbonyl (C=O) groups is 1. The number of nitrogens with one attached hydrogen (secondary N) is 2. The second kappa shape index (κ2) is 7.87. The number of hydrogen-bond acceptors (Lipinski definition) is 4. The monoisotopic (exact) mass is 431 g/mol. The van der Waals surface area contributed by atoms with Gasteiger partial charge in [0, 0.05) is 17.7 Å². The van der Waals surface area contributed by atoms with Gasteiger partial charge < -0.3 is 14.6 Å². The van der Waals surface area contributed by atoms with Crippen LogP contribution in [0.3, 0.4) is 0 Å².